The maximum absolute atomic E-state index is 11.9. The van der Waals surface area contributed by atoms with Gasteiger partial charge in [-0.2, -0.15) is 5.26 Å². The van der Waals surface area contributed by atoms with Gasteiger partial charge in [-0.15, -0.1) is 0 Å². The number of halogens is 1. The number of nitrogens with one attached hydrogen (secondary N) is 1. The Labute approximate surface area is 124 Å². The summed E-state index contributed by atoms with van der Waals surface area (Å²) in [5, 5.41) is 11.8. The molecule has 1 rings (SSSR count). The van der Waals surface area contributed by atoms with Crippen LogP contribution < -0.4 is 11.1 Å². The maximum Gasteiger partial charge on any atom is 0.225 e. The van der Waals surface area contributed by atoms with E-state index < -0.39 is 0 Å². The van der Waals surface area contributed by atoms with Crippen LogP contribution in [0.1, 0.15) is 39.2 Å². The van der Waals surface area contributed by atoms with Crippen molar-refractivity contribution in [3.8, 4) is 6.07 Å². The number of carbonyl (C=O) groups is 1. The highest BCUT2D eigenvalue weighted by Crippen LogP contribution is 2.22. The average Bonchev–Trinajstić information content (AvgIpc) is 2.25. The molecule has 1 aromatic carbocycles. The molecule has 0 radical (unpaired) electrons. The zero-order chi connectivity index (χ0) is 15.3. The molecule has 0 aromatic heterocycles. The average molecular weight is 294 g/mol. The molecule has 1 amide bonds. The van der Waals surface area contributed by atoms with Crippen molar-refractivity contribution >= 4 is 23.2 Å². The van der Waals surface area contributed by atoms with E-state index in [2.05, 4.69) is 26.1 Å². The summed E-state index contributed by atoms with van der Waals surface area (Å²) in [5.41, 5.74) is 7.01. The van der Waals surface area contributed by atoms with E-state index in [1.54, 1.807) is 18.2 Å². The molecule has 0 spiro atoms. The van der Waals surface area contributed by atoms with Gasteiger partial charge in [0, 0.05) is 18.2 Å². The van der Waals surface area contributed by atoms with E-state index in [1.807, 2.05) is 6.07 Å². The van der Waals surface area contributed by atoms with Crippen LogP contribution in [0.4, 0.5) is 5.69 Å². The van der Waals surface area contributed by atoms with E-state index in [9.17, 15) is 4.79 Å². The van der Waals surface area contributed by atoms with E-state index in [1.165, 1.54) is 0 Å². The van der Waals surface area contributed by atoms with Gasteiger partial charge in [-0.05, 0) is 30.0 Å². The number of benzene rings is 1. The highest BCUT2D eigenvalue weighted by atomic mass is 35.5. The van der Waals surface area contributed by atoms with Crippen LogP contribution in [-0.2, 0) is 4.79 Å². The van der Waals surface area contributed by atoms with Gasteiger partial charge in [0.05, 0.1) is 10.6 Å². The van der Waals surface area contributed by atoms with Crippen molar-refractivity contribution in [2.45, 2.75) is 39.7 Å². The molecule has 1 unspecified atom stereocenters. The lowest BCUT2D eigenvalue weighted by molar-refractivity contribution is -0.116. The molecule has 20 heavy (non-hydrogen) atoms. The number of amides is 1. The van der Waals surface area contributed by atoms with Gasteiger partial charge < -0.3 is 11.1 Å². The molecule has 0 saturated carbocycles. The number of hydrogen-bond acceptors (Lipinski definition) is 3. The summed E-state index contributed by atoms with van der Waals surface area (Å²) in [4.78, 5) is 11.9. The van der Waals surface area contributed by atoms with E-state index in [4.69, 9.17) is 22.6 Å². The van der Waals surface area contributed by atoms with Crippen molar-refractivity contribution < 1.29 is 4.79 Å². The fourth-order valence-electron chi connectivity index (χ4n) is 1.99. The first kappa shape index (κ1) is 16.5. The third-order valence-corrected chi connectivity index (χ3v) is 3.01. The van der Waals surface area contributed by atoms with E-state index in [0.717, 1.165) is 6.42 Å². The second kappa shape index (κ2) is 6.74. The van der Waals surface area contributed by atoms with Crippen LogP contribution in [0.2, 0.25) is 5.02 Å². The summed E-state index contributed by atoms with van der Waals surface area (Å²) in [6, 6.07) is 6.58. The summed E-state index contributed by atoms with van der Waals surface area (Å²) < 4.78 is 0. The quantitative estimate of drug-likeness (QED) is 0.894. The molecule has 0 aliphatic heterocycles. The molecule has 0 aliphatic carbocycles. The topological polar surface area (TPSA) is 78.9 Å². The molecule has 0 heterocycles. The first-order chi connectivity index (χ1) is 9.21. The number of hydrogen-bond donors (Lipinski definition) is 2. The lowest BCUT2D eigenvalue weighted by Crippen LogP contribution is -2.31. The Morgan fingerprint density at radius 1 is 1.50 bits per heavy atom. The van der Waals surface area contributed by atoms with Gasteiger partial charge in [0.15, 0.2) is 0 Å². The second-order valence-corrected chi connectivity index (χ2v) is 6.49. The van der Waals surface area contributed by atoms with Gasteiger partial charge in [0.25, 0.3) is 0 Å². The van der Waals surface area contributed by atoms with Crippen LogP contribution in [0.15, 0.2) is 18.2 Å². The predicted octanol–water partition coefficient (Wildman–Crippen LogP) is 3.30. The minimum atomic E-state index is -0.177. The van der Waals surface area contributed by atoms with Crippen LogP contribution in [0.25, 0.3) is 0 Å². The molecule has 4 nitrogen and oxygen atoms in total. The summed E-state index contributed by atoms with van der Waals surface area (Å²) in [7, 11) is 0. The van der Waals surface area contributed by atoms with E-state index >= 15 is 0 Å². The molecule has 0 aliphatic rings. The minimum absolute atomic E-state index is 0.0947. The fraction of sp³-hybridized carbons (Fsp3) is 0.467. The second-order valence-electron chi connectivity index (χ2n) is 6.08. The summed E-state index contributed by atoms with van der Waals surface area (Å²) in [5.74, 6) is -0.150. The first-order valence-corrected chi connectivity index (χ1v) is 6.84. The van der Waals surface area contributed by atoms with Gasteiger partial charge >= 0.3 is 0 Å². The number of carbonyl (C=O) groups excluding carboxylic acids is 1. The molecular formula is C15H20ClN3O. The highest BCUT2D eigenvalue weighted by Gasteiger charge is 2.18. The van der Waals surface area contributed by atoms with Crippen LogP contribution in [0, 0.1) is 16.7 Å². The Balaban J connectivity index is 2.59. The van der Waals surface area contributed by atoms with Gasteiger partial charge in [0.2, 0.25) is 5.91 Å². The molecule has 108 valence electrons. The van der Waals surface area contributed by atoms with Gasteiger partial charge in [-0.25, -0.2) is 0 Å². The van der Waals surface area contributed by atoms with Crippen molar-refractivity contribution in [3.05, 3.63) is 28.8 Å². The molecule has 0 bridgehead atoms. The van der Waals surface area contributed by atoms with E-state index in [-0.39, 0.29) is 23.8 Å². The molecule has 1 aromatic rings. The summed E-state index contributed by atoms with van der Waals surface area (Å²) in [6.45, 7) is 6.27. The monoisotopic (exact) mass is 293 g/mol. The summed E-state index contributed by atoms with van der Waals surface area (Å²) >= 11 is 5.91. The van der Waals surface area contributed by atoms with Crippen LogP contribution in [-0.4, -0.2) is 11.9 Å². The molecule has 3 N–H and O–H groups in total. The lowest BCUT2D eigenvalue weighted by Gasteiger charge is -2.22. The standard InChI is InChI=1S/C15H20ClN3O/c1-15(2,3)8-11(18)6-14(20)19-12-5-4-10(9-17)13(16)7-12/h4-5,7,11H,6,8,18H2,1-3H3,(H,19,20). The molecule has 0 fully saturated rings. The molecule has 1 atom stereocenters. The smallest absolute Gasteiger partial charge is 0.225 e. The van der Waals surface area contributed by atoms with Crippen LogP contribution in [0.5, 0.6) is 0 Å². The Morgan fingerprint density at radius 3 is 2.65 bits per heavy atom. The van der Waals surface area contributed by atoms with Crippen molar-refractivity contribution in [2.24, 2.45) is 11.1 Å². The van der Waals surface area contributed by atoms with Gasteiger partial charge in [-0.3, -0.25) is 4.79 Å². The zero-order valence-electron chi connectivity index (χ0n) is 12.0. The number of anilines is 1. The normalized spacial score (nSPS) is 12.6. The van der Waals surface area contributed by atoms with Crippen molar-refractivity contribution in [1.29, 1.82) is 5.26 Å². The molecule has 5 heteroatoms. The number of rotatable bonds is 4. The lowest BCUT2D eigenvalue weighted by atomic mass is 9.87. The van der Waals surface area contributed by atoms with Crippen molar-refractivity contribution in [3.63, 3.8) is 0 Å². The van der Waals surface area contributed by atoms with Crippen LogP contribution in [0.3, 0.4) is 0 Å². The Kier molecular flexibility index (Phi) is 5.55. The Morgan fingerprint density at radius 2 is 2.15 bits per heavy atom. The Hall–Kier alpha value is -1.57. The third kappa shape index (κ3) is 5.60. The number of nitrogens with two attached hydrogens (primary N) is 1. The predicted molar refractivity (Wildman–Crippen MR) is 81.5 cm³/mol. The van der Waals surface area contributed by atoms with Crippen molar-refractivity contribution in [1.82, 2.24) is 0 Å². The number of nitrogens with zero attached hydrogens (tertiary/aromatic N) is 1. The third-order valence-electron chi connectivity index (χ3n) is 2.70. The van der Waals surface area contributed by atoms with E-state index in [0.29, 0.717) is 16.3 Å². The SMILES string of the molecule is CC(C)(C)CC(N)CC(=O)Nc1ccc(C#N)c(Cl)c1. The zero-order valence-corrected chi connectivity index (χ0v) is 12.8. The first-order valence-electron chi connectivity index (χ1n) is 6.46. The maximum atomic E-state index is 11.9. The molecule has 0 saturated heterocycles. The number of nitriles is 1. The van der Waals surface area contributed by atoms with Gasteiger partial charge in [0.1, 0.15) is 6.07 Å². The highest BCUT2D eigenvalue weighted by molar-refractivity contribution is 6.32. The Bertz CT molecular complexity index is 529. The fourth-order valence-corrected chi connectivity index (χ4v) is 2.22. The van der Waals surface area contributed by atoms with Crippen molar-refractivity contribution in [2.75, 3.05) is 5.32 Å². The van der Waals surface area contributed by atoms with Crippen LogP contribution >= 0.6 is 11.6 Å². The molecular weight excluding hydrogens is 274 g/mol. The van der Waals surface area contributed by atoms with Gasteiger partial charge in [-0.1, -0.05) is 32.4 Å². The largest absolute Gasteiger partial charge is 0.327 e. The minimum Gasteiger partial charge on any atom is -0.327 e. The summed E-state index contributed by atoms with van der Waals surface area (Å²) in [6.07, 6.45) is 1.03.